The fourth-order valence-electron chi connectivity index (χ4n) is 2.19. The van der Waals surface area contributed by atoms with Crippen LogP contribution < -0.4 is 20.1 Å². The number of guanidine groups is 1. The molecule has 1 aromatic carbocycles. The van der Waals surface area contributed by atoms with Gasteiger partial charge in [0.2, 0.25) is 5.91 Å². The maximum atomic E-state index is 11.6. The largest absolute Gasteiger partial charge is 0.493 e. The highest BCUT2D eigenvalue weighted by Crippen LogP contribution is 2.27. The van der Waals surface area contributed by atoms with E-state index in [1.807, 2.05) is 25.1 Å². The van der Waals surface area contributed by atoms with Crippen LogP contribution in [-0.2, 0) is 11.2 Å². The molecule has 140 valence electrons. The van der Waals surface area contributed by atoms with E-state index in [2.05, 4.69) is 15.6 Å². The van der Waals surface area contributed by atoms with E-state index >= 15 is 0 Å². The summed E-state index contributed by atoms with van der Waals surface area (Å²) in [6.07, 6.45) is 1.22. The second kappa shape index (κ2) is 11.2. The van der Waals surface area contributed by atoms with Gasteiger partial charge < -0.3 is 25.0 Å². The molecule has 1 rings (SSSR count). The molecule has 7 nitrogen and oxygen atoms in total. The lowest BCUT2D eigenvalue weighted by molar-refractivity contribution is -0.128. The fraction of sp³-hybridized carbons (Fsp3) is 0.556. The monoisotopic (exact) mass is 350 g/mol. The van der Waals surface area contributed by atoms with E-state index < -0.39 is 0 Å². The lowest BCUT2D eigenvalue weighted by Gasteiger charge is -2.13. The highest BCUT2D eigenvalue weighted by atomic mass is 16.5. The number of aliphatic imine (C=N–C) groups is 1. The Morgan fingerprint density at radius 3 is 2.48 bits per heavy atom. The van der Waals surface area contributed by atoms with Crippen molar-refractivity contribution in [3.8, 4) is 11.5 Å². The van der Waals surface area contributed by atoms with Crippen LogP contribution >= 0.6 is 0 Å². The number of benzene rings is 1. The van der Waals surface area contributed by atoms with Crippen molar-refractivity contribution in [2.45, 2.75) is 19.8 Å². The molecule has 0 atom stereocenters. The Hall–Kier alpha value is -2.44. The van der Waals surface area contributed by atoms with Crippen LogP contribution in [0.25, 0.3) is 0 Å². The van der Waals surface area contributed by atoms with Crippen molar-refractivity contribution < 1.29 is 14.3 Å². The average molecular weight is 350 g/mol. The van der Waals surface area contributed by atoms with Gasteiger partial charge in [0.05, 0.1) is 20.8 Å². The second-order valence-corrected chi connectivity index (χ2v) is 5.66. The molecule has 0 bridgehead atoms. The third-order valence-corrected chi connectivity index (χ3v) is 3.59. The molecule has 0 aromatic heterocycles. The summed E-state index contributed by atoms with van der Waals surface area (Å²) in [5, 5.41) is 6.46. The number of amides is 1. The molecule has 0 saturated heterocycles. The molecule has 1 aromatic rings. The van der Waals surface area contributed by atoms with Crippen LogP contribution in [-0.4, -0.2) is 64.7 Å². The molecule has 0 radical (unpaired) electrons. The number of nitrogens with one attached hydrogen (secondary N) is 2. The second-order valence-electron chi connectivity index (χ2n) is 5.66. The number of methoxy groups -OCH3 is 2. The van der Waals surface area contributed by atoms with E-state index in [0.717, 1.165) is 42.5 Å². The van der Waals surface area contributed by atoms with Crippen molar-refractivity contribution in [2.24, 2.45) is 4.99 Å². The van der Waals surface area contributed by atoms with Crippen LogP contribution in [0.4, 0.5) is 0 Å². The zero-order chi connectivity index (χ0) is 18.7. The normalized spacial score (nSPS) is 11.0. The molecule has 0 heterocycles. The molecule has 0 aliphatic carbocycles. The summed E-state index contributed by atoms with van der Waals surface area (Å²) >= 11 is 0. The Balaban J connectivity index is 2.53. The van der Waals surface area contributed by atoms with Crippen molar-refractivity contribution in [2.75, 3.05) is 47.9 Å². The maximum Gasteiger partial charge on any atom is 0.223 e. The summed E-state index contributed by atoms with van der Waals surface area (Å²) in [6, 6.07) is 5.89. The molecule has 0 unspecified atom stereocenters. The van der Waals surface area contributed by atoms with Gasteiger partial charge in [-0.25, -0.2) is 0 Å². The van der Waals surface area contributed by atoms with Crippen LogP contribution in [0.15, 0.2) is 23.2 Å². The summed E-state index contributed by atoms with van der Waals surface area (Å²) in [6.45, 7) is 3.96. The van der Waals surface area contributed by atoms with Gasteiger partial charge in [0.25, 0.3) is 0 Å². The molecular formula is C18H30N4O3. The quantitative estimate of drug-likeness (QED) is 0.518. The number of rotatable bonds is 9. The number of ether oxygens (including phenoxy) is 2. The molecule has 0 aliphatic rings. The SMILES string of the molecule is CCNC(=NCCC(=O)N(C)C)NCCc1ccc(OC)c(OC)c1. The average Bonchev–Trinajstić information content (AvgIpc) is 2.61. The first-order chi connectivity index (χ1) is 12.0. The molecule has 1 amide bonds. The van der Waals surface area contributed by atoms with Crippen LogP contribution in [0.1, 0.15) is 18.9 Å². The van der Waals surface area contributed by atoms with Crippen molar-refractivity contribution >= 4 is 11.9 Å². The van der Waals surface area contributed by atoms with Gasteiger partial charge in [-0.1, -0.05) is 6.07 Å². The fourth-order valence-corrected chi connectivity index (χ4v) is 2.19. The number of nitrogens with zero attached hydrogens (tertiary/aromatic N) is 2. The molecule has 0 aliphatic heterocycles. The third-order valence-electron chi connectivity index (χ3n) is 3.59. The lowest BCUT2D eigenvalue weighted by Crippen LogP contribution is -2.38. The minimum Gasteiger partial charge on any atom is -0.493 e. The minimum absolute atomic E-state index is 0.0740. The highest BCUT2D eigenvalue weighted by molar-refractivity contribution is 5.80. The summed E-state index contributed by atoms with van der Waals surface area (Å²) in [5.74, 6) is 2.24. The van der Waals surface area contributed by atoms with Crippen LogP contribution in [0.3, 0.4) is 0 Å². The minimum atomic E-state index is 0.0740. The Bertz CT molecular complexity index is 573. The lowest BCUT2D eigenvalue weighted by atomic mass is 10.1. The summed E-state index contributed by atoms with van der Waals surface area (Å²) in [7, 11) is 6.75. The van der Waals surface area contributed by atoms with Gasteiger partial charge in [-0.2, -0.15) is 0 Å². The molecule has 2 N–H and O–H groups in total. The molecule has 0 fully saturated rings. The highest BCUT2D eigenvalue weighted by Gasteiger charge is 2.06. The van der Waals surface area contributed by atoms with Gasteiger partial charge in [0.15, 0.2) is 17.5 Å². The molecule has 25 heavy (non-hydrogen) atoms. The summed E-state index contributed by atoms with van der Waals surface area (Å²) in [5.41, 5.74) is 1.14. The van der Waals surface area contributed by atoms with Gasteiger partial charge >= 0.3 is 0 Å². The van der Waals surface area contributed by atoms with E-state index in [9.17, 15) is 4.79 Å². The zero-order valence-electron chi connectivity index (χ0n) is 15.9. The van der Waals surface area contributed by atoms with Crippen molar-refractivity contribution in [3.05, 3.63) is 23.8 Å². The predicted molar refractivity (Wildman–Crippen MR) is 101 cm³/mol. The molecule has 7 heteroatoms. The summed E-state index contributed by atoms with van der Waals surface area (Å²) in [4.78, 5) is 17.6. The van der Waals surface area contributed by atoms with E-state index in [1.165, 1.54) is 0 Å². The smallest absolute Gasteiger partial charge is 0.223 e. The van der Waals surface area contributed by atoms with Crippen LogP contribution in [0.5, 0.6) is 11.5 Å². The topological polar surface area (TPSA) is 75.2 Å². The van der Waals surface area contributed by atoms with Gasteiger partial charge in [-0.15, -0.1) is 0 Å². The number of carbonyl (C=O) groups is 1. The van der Waals surface area contributed by atoms with E-state index in [-0.39, 0.29) is 5.91 Å². The Labute approximate surface area is 150 Å². The first-order valence-corrected chi connectivity index (χ1v) is 8.45. The maximum absolute atomic E-state index is 11.6. The zero-order valence-corrected chi connectivity index (χ0v) is 15.9. The van der Waals surface area contributed by atoms with Crippen molar-refractivity contribution in [3.63, 3.8) is 0 Å². The number of hydrogen-bond acceptors (Lipinski definition) is 4. The Morgan fingerprint density at radius 1 is 1.16 bits per heavy atom. The third kappa shape index (κ3) is 7.32. The Morgan fingerprint density at radius 2 is 1.88 bits per heavy atom. The van der Waals surface area contributed by atoms with Gasteiger partial charge in [-0.05, 0) is 31.0 Å². The van der Waals surface area contributed by atoms with Crippen LogP contribution in [0.2, 0.25) is 0 Å². The van der Waals surface area contributed by atoms with Crippen molar-refractivity contribution in [1.29, 1.82) is 0 Å². The van der Waals surface area contributed by atoms with Crippen LogP contribution in [0, 0.1) is 0 Å². The number of carbonyl (C=O) groups excluding carboxylic acids is 1. The Kier molecular flexibility index (Phi) is 9.21. The molecule has 0 saturated carbocycles. The first-order valence-electron chi connectivity index (χ1n) is 8.45. The van der Waals surface area contributed by atoms with Crippen molar-refractivity contribution in [1.82, 2.24) is 15.5 Å². The standard InChI is InChI=1S/C18H30N4O3/c1-6-19-18(21-12-10-17(23)22(2)3)20-11-9-14-7-8-15(24-4)16(13-14)25-5/h7-8,13H,6,9-12H2,1-5H3,(H2,19,20,21). The van der Waals surface area contributed by atoms with Gasteiger partial charge in [0.1, 0.15) is 0 Å². The number of hydrogen-bond donors (Lipinski definition) is 2. The van der Waals surface area contributed by atoms with E-state index in [0.29, 0.717) is 13.0 Å². The van der Waals surface area contributed by atoms with E-state index in [4.69, 9.17) is 9.47 Å². The van der Waals surface area contributed by atoms with Gasteiger partial charge in [-0.3, -0.25) is 9.79 Å². The molecular weight excluding hydrogens is 320 g/mol. The predicted octanol–water partition coefficient (Wildman–Crippen LogP) is 1.28. The first kappa shape index (κ1) is 20.6. The molecule has 0 spiro atoms. The summed E-state index contributed by atoms with van der Waals surface area (Å²) < 4.78 is 10.6. The van der Waals surface area contributed by atoms with Gasteiger partial charge in [0, 0.05) is 33.6 Å². The van der Waals surface area contributed by atoms with E-state index in [1.54, 1.807) is 33.2 Å².